The molecule has 0 saturated carbocycles. The SMILES string of the molecule is Cc1cc(Br)ccc1NC(=O)c1ccccc1OC(F)F. The Hall–Kier alpha value is -1.95. The first kappa shape index (κ1) is 15.4. The molecule has 0 spiro atoms. The maximum absolute atomic E-state index is 12.3. The zero-order valence-corrected chi connectivity index (χ0v) is 12.7. The summed E-state index contributed by atoms with van der Waals surface area (Å²) < 4.78 is 29.9. The molecule has 0 aliphatic rings. The molecule has 0 aliphatic heterocycles. The van der Waals surface area contributed by atoms with Crippen LogP contribution in [0.15, 0.2) is 46.9 Å². The van der Waals surface area contributed by atoms with Crippen molar-refractivity contribution < 1.29 is 18.3 Å². The molecule has 0 saturated heterocycles. The highest BCUT2D eigenvalue weighted by Crippen LogP contribution is 2.24. The van der Waals surface area contributed by atoms with Crippen LogP contribution in [0.3, 0.4) is 0 Å². The van der Waals surface area contributed by atoms with Crippen LogP contribution in [-0.4, -0.2) is 12.5 Å². The van der Waals surface area contributed by atoms with Crippen molar-refractivity contribution in [3.63, 3.8) is 0 Å². The molecule has 0 aliphatic carbocycles. The Labute approximate surface area is 129 Å². The molecule has 2 aromatic rings. The Bertz CT molecular complexity index is 662. The lowest BCUT2D eigenvalue weighted by atomic mass is 10.1. The highest BCUT2D eigenvalue weighted by Gasteiger charge is 2.16. The molecule has 0 heterocycles. The highest BCUT2D eigenvalue weighted by atomic mass is 79.9. The quantitative estimate of drug-likeness (QED) is 0.869. The number of ether oxygens (including phenoxy) is 1. The topological polar surface area (TPSA) is 38.3 Å². The number of alkyl halides is 2. The first-order chi connectivity index (χ1) is 9.97. The van der Waals surface area contributed by atoms with Gasteiger partial charge in [0.2, 0.25) is 0 Å². The van der Waals surface area contributed by atoms with E-state index in [0.29, 0.717) is 5.69 Å². The summed E-state index contributed by atoms with van der Waals surface area (Å²) >= 11 is 3.33. The maximum atomic E-state index is 12.3. The number of benzene rings is 2. The second-order valence-corrected chi connectivity index (χ2v) is 5.20. The number of carbonyl (C=O) groups is 1. The van der Waals surface area contributed by atoms with Gasteiger partial charge in [-0.05, 0) is 42.8 Å². The minimum absolute atomic E-state index is 0.0557. The van der Waals surface area contributed by atoms with Crippen LogP contribution in [0.4, 0.5) is 14.5 Å². The molecular formula is C15H12BrF2NO2. The van der Waals surface area contributed by atoms with Crippen LogP contribution in [0.2, 0.25) is 0 Å². The molecule has 0 bridgehead atoms. The molecule has 2 rings (SSSR count). The van der Waals surface area contributed by atoms with Crippen molar-refractivity contribution in [1.29, 1.82) is 0 Å². The van der Waals surface area contributed by atoms with Crippen LogP contribution in [-0.2, 0) is 0 Å². The number of hydrogen-bond donors (Lipinski definition) is 1. The molecule has 0 atom stereocenters. The van der Waals surface area contributed by atoms with Crippen molar-refractivity contribution in [3.05, 3.63) is 58.1 Å². The zero-order chi connectivity index (χ0) is 15.4. The standard InChI is InChI=1S/C15H12BrF2NO2/c1-9-8-10(16)6-7-12(9)19-14(20)11-4-2-3-5-13(11)21-15(17)18/h2-8,15H,1H3,(H,19,20). The number of nitrogens with one attached hydrogen (secondary N) is 1. The Morgan fingerprint density at radius 3 is 2.62 bits per heavy atom. The predicted octanol–water partition coefficient (Wildman–Crippen LogP) is 4.61. The van der Waals surface area contributed by atoms with Crippen LogP contribution in [0.25, 0.3) is 0 Å². The smallest absolute Gasteiger partial charge is 0.387 e. The monoisotopic (exact) mass is 355 g/mol. The molecule has 1 N–H and O–H groups in total. The first-order valence-electron chi connectivity index (χ1n) is 6.08. The Morgan fingerprint density at radius 2 is 1.95 bits per heavy atom. The fraction of sp³-hybridized carbons (Fsp3) is 0.133. The van der Waals surface area contributed by atoms with Crippen LogP contribution < -0.4 is 10.1 Å². The van der Waals surface area contributed by atoms with E-state index in [1.165, 1.54) is 18.2 Å². The van der Waals surface area contributed by atoms with Crippen molar-refractivity contribution in [2.45, 2.75) is 13.5 Å². The van der Waals surface area contributed by atoms with Crippen LogP contribution in [0.5, 0.6) is 5.75 Å². The number of anilines is 1. The average Bonchev–Trinajstić information content (AvgIpc) is 2.42. The number of hydrogen-bond acceptors (Lipinski definition) is 2. The van der Waals surface area contributed by atoms with Crippen molar-refractivity contribution >= 4 is 27.5 Å². The fourth-order valence-electron chi connectivity index (χ4n) is 1.81. The van der Waals surface area contributed by atoms with E-state index >= 15 is 0 Å². The van der Waals surface area contributed by atoms with Gasteiger partial charge in [-0.3, -0.25) is 4.79 Å². The lowest BCUT2D eigenvalue weighted by Gasteiger charge is -2.12. The molecule has 2 aromatic carbocycles. The summed E-state index contributed by atoms with van der Waals surface area (Å²) in [5.41, 5.74) is 1.51. The lowest BCUT2D eigenvalue weighted by Crippen LogP contribution is -2.15. The van der Waals surface area contributed by atoms with Gasteiger partial charge in [0.15, 0.2) is 0 Å². The summed E-state index contributed by atoms with van der Waals surface area (Å²) in [5, 5.41) is 2.68. The van der Waals surface area contributed by atoms with Gasteiger partial charge in [-0.15, -0.1) is 0 Å². The van der Waals surface area contributed by atoms with Crippen molar-refractivity contribution in [1.82, 2.24) is 0 Å². The third kappa shape index (κ3) is 4.01. The van der Waals surface area contributed by atoms with E-state index in [9.17, 15) is 13.6 Å². The summed E-state index contributed by atoms with van der Waals surface area (Å²) in [6.45, 7) is -1.14. The van der Waals surface area contributed by atoms with Gasteiger partial charge < -0.3 is 10.1 Å². The number of para-hydroxylation sites is 1. The fourth-order valence-corrected chi connectivity index (χ4v) is 2.29. The third-order valence-electron chi connectivity index (χ3n) is 2.78. The number of rotatable bonds is 4. The Balaban J connectivity index is 2.24. The van der Waals surface area contributed by atoms with Crippen LogP contribution in [0, 0.1) is 6.92 Å². The summed E-state index contributed by atoms with van der Waals surface area (Å²) in [7, 11) is 0. The number of aryl methyl sites for hydroxylation is 1. The largest absolute Gasteiger partial charge is 0.434 e. The van der Waals surface area contributed by atoms with E-state index in [1.807, 2.05) is 13.0 Å². The first-order valence-corrected chi connectivity index (χ1v) is 6.88. The van der Waals surface area contributed by atoms with Crippen LogP contribution in [0.1, 0.15) is 15.9 Å². The molecule has 1 amide bonds. The van der Waals surface area contributed by atoms with Crippen molar-refractivity contribution in [2.75, 3.05) is 5.32 Å². The summed E-state index contributed by atoms with van der Waals surface area (Å²) in [6.07, 6.45) is 0. The number of amides is 1. The molecule has 3 nitrogen and oxygen atoms in total. The molecular weight excluding hydrogens is 344 g/mol. The van der Waals surface area contributed by atoms with Gasteiger partial charge in [-0.25, -0.2) is 0 Å². The summed E-state index contributed by atoms with van der Waals surface area (Å²) in [6, 6.07) is 11.2. The van der Waals surface area contributed by atoms with Gasteiger partial charge >= 0.3 is 6.61 Å². The molecule has 0 radical (unpaired) electrons. The van der Waals surface area contributed by atoms with E-state index in [0.717, 1.165) is 10.0 Å². The molecule has 110 valence electrons. The minimum atomic E-state index is -2.98. The predicted molar refractivity (Wildman–Crippen MR) is 79.9 cm³/mol. The second-order valence-electron chi connectivity index (χ2n) is 4.29. The van der Waals surface area contributed by atoms with Crippen molar-refractivity contribution in [3.8, 4) is 5.75 Å². The molecule has 21 heavy (non-hydrogen) atoms. The molecule has 0 fully saturated rings. The van der Waals surface area contributed by atoms with Gasteiger partial charge in [0, 0.05) is 10.2 Å². The summed E-state index contributed by atoms with van der Waals surface area (Å²) in [5.74, 6) is -0.656. The summed E-state index contributed by atoms with van der Waals surface area (Å²) in [4.78, 5) is 12.2. The van der Waals surface area contributed by atoms with Gasteiger partial charge in [0.25, 0.3) is 5.91 Å². The zero-order valence-electron chi connectivity index (χ0n) is 11.1. The van der Waals surface area contributed by atoms with Crippen LogP contribution >= 0.6 is 15.9 Å². The van der Waals surface area contributed by atoms with Gasteiger partial charge in [-0.1, -0.05) is 28.1 Å². The van der Waals surface area contributed by atoms with E-state index in [-0.39, 0.29) is 11.3 Å². The average molecular weight is 356 g/mol. The van der Waals surface area contributed by atoms with Gasteiger partial charge in [-0.2, -0.15) is 8.78 Å². The van der Waals surface area contributed by atoms with E-state index < -0.39 is 12.5 Å². The lowest BCUT2D eigenvalue weighted by molar-refractivity contribution is -0.0501. The molecule has 6 heteroatoms. The van der Waals surface area contributed by atoms with Crippen molar-refractivity contribution in [2.24, 2.45) is 0 Å². The Kier molecular flexibility index (Phi) is 4.90. The van der Waals surface area contributed by atoms with Gasteiger partial charge in [0.05, 0.1) is 5.56 Å². The maximum Gasteiger partial charge on any atom is 0.387 e. The molecule has 0 unspecified atom stereocenters. The van der Waals surface area contributed by atoms with Gasteiger partial charge in [0.1, 0.15) is 5.75 Å². The van der Waals surface area contributed by atoms with E-state index in [1.54, 1.807) is 18.2 Å². The second kappa shape index (κ2) is 6.67. The van der Waals surface area contributed by atoms with E-state index in [4.69, 9.17) is 0 Å². The highest BCUT2D eigenvalue weighted by molar-refractivity contribution is 9.10. The number of carbonyl (C=O) groups excluding carboxylic acids is 1. The minimum Gasteiger partial charge on any atom is -0.434 e. The molecule has 0 aromatic heterocycles. The van der Waals surface area contributed by atoms with E-state index in [2.05, 4.69) is 26.0 Å². The number of halogens is 3. The Morgan fingerprint density at radius 1 is 1.24 bits per heavy atom. The third-order valence-corrected chi connectivity index (χ3v) is 3.28. The normalized spacial score (nSPS) is 10.5.